The van der Waals surface area contributed by atoms with E-state index in [0.717, 1.165) is 43.2 Å². The molecule has 1 aliphatic rings. The number of benzene rings is 1. The van der Waals surface area contributed by atoms with Crippen molar-refractivity contribution in [3.05, 3.63) is 47.0 Å². The minimum absolute atomic E-state index is 0. The second-order valence-corrected chi connectivity index (χ2v) is 7.57. The van der Waals surface area contributed by atoms with E-state index in [0.29, 0.717) is 37.8 Å². The number of nitrogens with one attached hydrogen (secondary N) is 1. The van der Waals surface area contributed by atoms with Crippen molar-refractivity contribution >= 4 is 29.9 Å². The average Bonchev–Trinajstić information content (AvgIpc) is 3.08. The van der Waals surface area contributed by atoms with E-state index in [4.69, 9.17) is 9.73 Å². The number of aliphatic imine (C=N–C) groups is 1. The van der Waals surface area contributed by atoms with E-state index in [1.807, 2.05) is 23.4 Å². The van der Waals surface area contributed by atoms with Gasteiger partial charge in [-0.05, 0) is 31.0 Å². The summed E-state index contributed by atoms with van der Waals surface area (Å²) in [5.74, 6) is 2.26. The third-order valence-corrected chi connectivity index (χ3v) is 5.32. The van der Waals surface area contributed by atoms with Crippen LogP contribution in [0.5, 0.6) is 0 Å². The van der Waals surface area contributed by atoms with Crippen LogP contribution in [0, 0.1) is 6.92 Å². The zero-order valence-corrected chi connectivity index (χ0v) is 20.9. The number of aromatic nitrogens is 3. The first kappa shape index (κ1) is 26.4. The van der Waals surface area contributed by atoms with Crippen molar-refractivity contribution in [3.8, 4) is 0 Å². The molecular formula is C21H30F3IN6O. The maximum atomic E-state index is 13.1. The summed E-state index contributed by atoms with van der Waals surface area (Å²) in [4.78, 5) is 6.76. The van der Waals surface area contributed by atoms with Crippen LogP contribution in [0.4, 0.5) is 13.2 Å². The highest BCUT2D eigenvalue weighted by molar-refractivity contribution is 14.0. The molecule has 178 valence electrons. The van der Waals surface area contributed by atoms with Gasteiger partial charge in [0.1, 0.15) is 18.5 Å². The lowest BCUT2D eigenvalue weighted by atomic mass is 10.0. The van der Waals surface area contributed by atoms with Gasteiger partial charge in [-0.2, -0.15) is 13.2 Å². The standard InChI is InChI=1S/C21H29F3N6O.HI/c1-4-5-9-25-20(26-13-19-28-27-15(2)29(19)3)30-10-11-31-18(14-30)16-7-6-8-17(12-16)21(22,23)24;/h6-8,12,18H,4-5,9-11,13-14H2,1-3H3,(H,25,26);1H. The van der Waals surface area contributed by atoms with Crippen LogP contribution < -0.4 is 5.32 Å². The van der Waals surface area contributed by atoms with Crippen molar-refractivity contribution < 1.29 is 17.9 Å². The molecule has 1 fully saturated rings. The van der Waals surface area contributed by atoms with E-state index < -0.39 is 17.8 Å². The Morgan fingerprint density at radius 2 is 2.09 bits per heavy atom. The molecule has 11 heteroatoms. The number of unbranched alkanes of at least 4 members (excludes halogenated alkanes) is 1. The van der Waals surface area contributed by atoms with Crippen LogP contribution in [-0.2, 0) is 24.5 Å². The van der Waals surface area contributed by atoms with Crippen molar-refractivity contribution in [2.24, 2.45) is 12.0 Å². The number of aryl methyl sites for hydroxylation is 1. The number of halogens is 4. The molecule has 7 nitrogen and oxygen atoms in total. The molecule has 1 N–H and O–H groups in total. The maximum absolute atomic E-state index is 13.1. The Labute approximate surface area is 203 Å². The number of hydrogen-bond donors (Lipinski definition) is 1. The predicted octanol–water partition coefficient (Wildman–Crippen LogP) is 4.08. The second kappa shape index (κ2) is 11.8. The number of guanidine groups is 1. The van der Waals surface area contributed by atoms with Gasteiger partial charge in [0.05, 0.1) is 18.7 Å². The van der Waals surface area contributed by atoms with E-state index in [2.05, 4.69) is 22.4 Å². The third kappa shape index (κ3) is 6.80. The molecule has 1 aliphatic heterocycles. The zero-order valence-electron chi connectivity index (χ0n) is 18.5. The van der Waals surface area contributed by atoms with E-state index in [1.54, 1.807) is 6.07 Å². The minimum Gasteiger partial charge on any atom is -0.370 e. The first-order valence-corrected chi connectivity index (χ1v) is 10.5. The number of nitrogens with zero attached hydrogens (tertiary/aromatic N) is 5. The molecule has 1 aromatic heterocycles. The third-order valence-electron chi connectivity index (χ3n) is 5.32. The summed E-state index contributed by atoms with van der Waals surface area (Å²) in [6.07, 6.45) is -2.82. The second-order valence-electron chi connectivity index (χ2n) is 7.57. The van der Waals surface area contributed by atoms with Crippen molar-refractivity contribution in [3.63, 3.8) is 0 Å². The molecule has 1 saturated heterocycles. The molecule has 2 aromatic rings. The summed E-state index contributed by atoms with van der Waals surface area (Å²) in [5, 5.41) is 11.6. The van der Waals surface area contributed by atoms with E-state index in [-0.39, 0.29) is 24.0 Å². The summed E-state index contributed by atoms with van der Waals surface area (Å²) >= 11 is 0. The first-order valence-electron chi connectivity index (χ1n) is 10.5. The highest BCUT2D eigenvalue weighted by atomic mass is 127. The minimum atomic E-state index is -4.38. The fraction of sp³-hybridized carbons (Fsp3) is 0.571. The predicted molar refractivity (Wildman–Crippen MR) is 127 cm³/mol. The summed E-state index contributed by atoms with van der Waals surface area (Å²) in [6.45, 7) is 6.53. The Morgan fingerprint density at radius 3 is 2.75 bits per heavy atom. The van der Waals surface area contributed by atoms with Crippen LogP contribution in [0.2, 0.25) is 0 Å². The highest BCUT2D eigenvalue weighted by Crippen LogP contribution is 2.32. The molecule has 1 unspecified atom stereocenters. The van der Waals surface area contributed by atoms with Gasteiger partial charge in [-0.15, -0.1) is 34.2 Å². The Morgan fingerprint density at radius 1 is 1.31 bits per heavy atom. The van der Waals surface area contributed by atoms with Crippen molar-refractivity contribution in [2.75, 3.05) is 26.2 Å². The average molecular weight is 566 g/mol. The van der Waals surface area contributed by atoms with Crippen molar-refractivity contribution in [2.45, 2.75) is 45.5 Å². The van der Waals surface area contributed by atoms with Gasteiger partial charge in [0.2, 0.25) is 0 Å². The van der Waals surface area contributed by atoms with Gasteiger partial charge in [-0.1, -0.05) is 25.5 Å². The molecular weight excluding hydrogens is 536 g/mol. The lowest BCUT2D eigenvalue weighted by molar-refractivity contribution is -0.137. The van der Waals surface area contributed by atoms with Gasteiger partial charge in [-0.3, -0.25) is 0 Å². The Bertz CT molecular complexity index is 902. The largest absolute Gasteiger partial charge is 0.416 e. The highest BCUT2D eigenvalue weighted by Gasteiger charge is 2.32. The molecule has 0 saturated carbocycles. The van der Waals surface area contributed by atoms with E-state index in [1.165, 1.54) is 6.07 Å². The monoisotopic (exact) mass is 566 g/mol. The number of hydrogen-bond acceptors (Lipinski definition) is 4. The first-order chi connectivity index (χ1) is 14.8. The summed E-state index contributed by atoms with van der Waals surface area (Å²) in [6, 6.07) is 5.34. The molecule has 1 atom stereocenters. The SMILES string of the molecule is CCCCNC(=NCc1nnc(C)n1C)N1CCOC(c2cccc(C(F)(F)F)c2)C1.I. The molecule has 0 spiro atoms. The van der Waals surface area contributed by atoms with Crippen LogP contribution in [-0.4, -0.2) is 51.9 Å². The van der Waals surface area contributed by atoms with Gasteiger partial charge < -0.3 is 19.5 Å². The van der Waals surface area contributed by atoms with Crippen LogP contribution >= 0.6 is 24.0 Å². The van der Waals surface area contributed by atoms with Gasteiger partial charge in [0.25, 0.3) is 0 Å². The Hall–Kier alpha value is -1.89. The molecule has 0 radical (unpaired) electrons. The van der Waals surface area contributed by atoms with Crippen LogP contribution in [0.25, 0.3) is 0 Å². The molecule has 0 amide bonds. The zero-order chi connectivity index (χ0) is 22.4. The van der Waals surface area contributed by atoms with E-state index >= 15 is 0 Å². The lowest BCUT2D eigenvalue weighted by Gasteiger charge is -2.35. The summed E-state index contributed by atoms with van der Waals surface area (Å²) < 4.78 is 47.0. The van der Waals surface area contributed by atoms with Gasteiger partial charge in [0.15, 0.2) is 11.8 Å². The number of morpholine rings is 1. The van der Waals surface area contributed by atoms with E-state index in [9.17, 15) is 13.2 Å². The fourth-order valence-corrected chi connectivity index (χ4v) is 3.34. The fourth-order valence-electron chi connectivity index (χ4n) is 3.34. The topological polar surface area (TPSA) is 67.6 Å². The number of rotatable bonds is 6. The summed E-state index contributed by atoms with van der Waals surface area (Å²) in [7, 11) is 1.89. The Balaban J connectivity index is 0.00000363. The lowest BCUT2D eigenvalue weighted by Crippen LogP contribution is -2.48. The molecule has 0 aliphatic carbocycles. The van der Waals surface area contributed by atoms with Crippen LogP contribution in [0.3, 0.4) is 0 Å². The molecule has 2 heterocycles. The quantitative estimate of drug-likeness (QED) is 0.247. The summed E-state index contributed by atoms with van der Waals surface area (Å²) in [5.41, 5.74) is -0.158. The molecule has 0 bridgehead atoms. The van der Waals surface area contributed by atoms with Gasteiger partial charge >= 0.3 is 6.18 Å². The normalized spacial score (nSPS) is 17.2. The smallest absolute Gasteiger partial charge is 0.370 e. The molecule has 32 heavy (non-hydrogen) atoms. The van der Waals surface area contributed by atoms with Crippen LogP contribution in [0.1, 0.15) is 48.6 Å². The van der Waals surface area contributed by atoms with Crippen molar-refractivity contribution in [1.82, 2.24) is 25.0 Å². The number of ether oxygens (including phenoxy) is 1. The van der Waals surface area contributed by atoms with Gasteiger partial charge in [-0.25, -0.2) is 4.99 Å². The van der Waals surface area contributed by atoms with Crippen molar-refractivity contribution in [1.29, 1.82) is 0 Å². The van der Waals surface area contributed by atoms with Crippen LogP contribution in [0.15, 0.2) is 29.3 Å². The van der Waals surface area contributed by atoms with Gasteiger partial charge in [0, 0.05) is 20.1 Å². The number of alkyl halides is 3. The molecule has 3 rings (SSSR count). The molecule has 1 aromatic carbocycles. The Kier molecular flexibility index (Phi) is 9.74. The maximum Gasteiger partial charge on any atom is 0.416 e.